The molecule has 1 aliphatic heterocycles. The number of amides is 1. The monoisotopic (exact) mass is 297 g/mol. The highest BCUT2D eigenvalue weighted by molar-refractivity contribution is 5.85. The standard InChI is InChI=1S/C16H27NO4/c1-15(7-9-21-10-8-15)12-17-13(18)11-16(14(19)20)5-3-2-4-6-16/h2-12H2,1H3,(H,17,18)(H,19,20). The average molecular weight is 297 g/mol. The first-order valence-electron chi connectivity index (χ1n) is 8.04. The molecule has 21 heavy (non-hydrogen) atoms. The smallest absolute Gasteiger partial charge is 0.310 e. The second-order valence-corrected chi connectivity index (χ2v) is 7.02. The fourth-order valence-electron chi connectivity index (χ4n) is 3.42. The summed E-state index contributed by atoms with van der Waals surface area (Å²) in [6, 6.07) is 0. The Morgan fingerprint density at radius 3 is 2.29 bits per heavy atom. The molecule has 0 atom stereocenters. The van der Waals surface area contributed by atoms with Crippen molar-refractivity contribution in [2.24, 2.45) is 10.8 Å². The number of aliphatic carboxylic acids is 1. The molecule has 0 aromatic rings. The number of nitrogens with one attached hydrogen (secondary N) is 1. The molecule has 0 radical (unpaired) electrons. The minimum atomic E-state index is -0.834. The summed E-state index contributed by atoms with van der Waals surface area (Å²) < 4.78 is 5.35. The predicted octanol–water partition coefficient (Wildman–Crippen LogP) is 2.34. The molecule has 1 saturated carbocycles. The van der Waals surface area contributed by atoms with E-state index in [1.54, 1.807) is 0 Å². The van der Waals surface area contributed by atoms with Gasteiger partial charge in [-0.25, -0.2) is 0 Å². The van der Waals surface area contributed by atoms with Crippen LogP contribution < -0.4 is 5.32 Å². The van der Waals surface area contributed by atoms with Crippen molar-refractivity contribution >= 4 is 11.9 Å². The Balaban J connectivity index is 1.86. The molecular formula is C16H27NO4. The van der Waals surface area contributed by atoms with Crippen LogP contribution in [0.2, 0.25) is 0 Å². The highest BCUT2D eigenvalue weighted by Gasteiger charge is 2.41. The van der Waals surface area contributed by atoms with E-state index < -0.39 is 11.4 Å². The van der Waals surface area contributed by atoms with Gasteiger partial charge in [-0.05, 0) is 31.1 Å². The van der Waals surface area contributed by atoms with Crippen molar-refractivity contribution in [1.82, 2.24) is 5.32 Å². The number of hydrogen-bond acceptors (Lipinski definition) is 3. The highest BCUT2D eigenvalue weighted by Crippen LogP contribution is 2.39. The molecule has 2 fully saturated rings. The van der Waals surface area contributed by atoms with Crippen molar-refractivity contribution in [1.29, 1.82) is 0 Å². The Morgan fingerprint density at radius 1 is 1.10 bits per heavy atom. The van der Waals surface area contributed by atoms with E-state index in [-0.39, 0.29) is 17.7 Å². The Bertz CT molecular complexity index is 382. The molecule has 0 aromatic carbocycles. The van der Waals surface area contributed by atoms with Crippen LogP contribution in [0.1, 0.15) is 58.3 Å². The Morgan fingerprint density at radius 2 is 1.71 bits per heavy atom. The third kappa shape index (κ3) is 4.19. The second-order valence-electron chi connectivity index (χ2n) is 7.02. The second kappa shape index (κ2) is 6.77. The number of rotatable bonds is 5. The molecule has 0 bridgehead atoms. The molecular weight excluding hydrogens is 270 g/mol. The van der Waals surface area contributed by atoms with E-state index in [1.807, 2.05) is 0 Å². The van der Waals surface area contributed by atoms with Gasteiger partial charge in [-0.1, -0.05) is 26.2 Å². The largest absolute Gasteiger partial charge is 0.481 e. The summed E-state index contributed by atoms with van der Waals surface area (Å²) in [4.78, 5) is 23.8. The van der Waals surface area contributed by atoms with Crippen molar-refractivity contribution < 1.29 is 19.4 Å². The third-order valence-electron chi connectivity index (χ3n) is 5.18. The molecule has 0 aromatic heterocycles. The van der Waals surface area contributed by atoms with Crippen molar-refractivity contribution in [3.8, 4) is 0 Å². The first-order chi connectivity index (χ1) is 9.96. The zero-order valence-electron chi connectivity index (χ0n) is 13.0. The summed E-state index contributed by atoms with van der Waals surface area (Å²) >= 11 is 0. The summed E-state index contributed by atoms with van der Waals surface area (Å²) in [7, 11) is 0. The van der Waals surface area contributed by atoms with Gasteiger partial charge in [-0.3, -0.25) is 9.59 Å². The predicted molar refractivity (Wildman–Crippen MR) is 78.9 cm³/mol. The van der Waals surface area contributed by atoms with Gasteiger partial charge in [0.15, 0.2) is 0 Å². The SMILES string of the molecule is CC1(CNC(=O)CC2(C(=O)O)CCCCC2)CCOCC1. The van der Waals surface area contributed by atoms with Crippen LogP contribution >= 0.6 is 0 Å². The number of carboxylic acids is 1. The quantitative estimate of drug-likeness (QED) is 0.816. The molecule has 5 nitrogen and oxygen atoms in total. The summed E-state index contributed by atoms with van der Waals surface area (Å²) in [5, 5.41) is 12.5. The summed E-state index contributed by atoms with van der Waals surface area (Å²) in [5.74, 6) is -0.929. The van der Waals surface area contributed by atoms with Crippen LogP contribution in [-0.4, -0.2) is 36.7 Å². The summed E-state index contributed by atoms with van der Waals surface area (Å²) in [5.41, 5.74) is -0.754. The van der Waals surface area contributed by atoms with E-state index >= 15 is 0 Å². The van der Waals surface area contributed by atoms with Crippen LogP contribution in [0.5, 0.6) is 0 Å². The van der Waals surface area contributed by atoms with Crippen LogP contribution in [0.4, 0.5) is 0 Å². The number of carbonyl (C=O) groups is 2. The van der Waals surface area contributed by atoms with E-state index in [0.29, 0.717) is 19.4 Å². The van der Waals surface area contributed by atoms with E-state index in [1.165, 1.54) is 0 Å². The number of carboxylic acid groups (broad SMARTS) is 1. The number of ether oxygens (including phenoxy) is 1. The van der Waals surface area contributed by atoms with Gasteiger partial charge in [0.05, 0.1) is 5.41 Å². The molecule has 1 aliphatic carbocycles. The first-order valence-corrected chi connectivity index (χ1v) is 8.04. The minimum Gasteiger partial charge on any atom is -0.481 e. The van der Waals surface area contributed by atoms with Crippen LogP contribution in [0.3, 0.4) is 0 Å². The maximum absolute atomic E-state index is 12.2. The van der Waals surface area contributed by atoms with Crippen molar-refractivity contribution in [2.75, 3.05) is 19.8 Å². The van der Waals surface area contributed by atoms with E-state index in [9.17, 15) is 14.7 Å². The van der Waals surface area contributed by atoms with E-state index in [4.69, 9.17) is 4.74 Å². The maximum atomic E-state index is 12.2. The Hall–Kier alpha value is -1.10. The minimum absolute atomic E-state index is 0.0802. The van der Waals surface area contributed by atoms with Crippen LogP contribution in [0.15, 0.2) is 0 Å². The highest BCUT2D eigenvalue weighted by atomic mass is 16.5. The summed E-state index contributed by atoms with van der Waals surface area (Å²) in [6.07, 6.45) is 6.16. The van der Waals surface area contributed by atoms with Crippen LogP contribution in [-0.2, 0) is 14.3 Å². The molecule has 1 saturated heterocycles. The van der Waals surface area contributed by atoms with Gasteiger partial charge in [-0.15, -0.1) is 0 Å². The zero-order valence-corrected chi connectivity index (χ0v) is 13.0. The van der Waals surface area contributed by atoms with Crippen molar-refractivity contribution in [3.05, 3.63) is 0 Å². The van der Waals surface area contributed by atoms with Crippen LogP contribution in [0, 0.1) is 10.8 Å². The van der Waals surface area contributed by atoms with Gasteiger partial charge in [0, 0.05) is 26.2 Å². The molecule has 2 aliphatic rings. The molecule has 120 valence electrons. The van der Waals surface area contributed by atoms with E-state index in [0.717, 1.165) is 45.3 Å². The fourth-order valence-corrected chi connectivity index (χ4v) is 3.42. The Kier molecular flexibility index (Phi) is 5.25. The first kappa shape index (κ1) is 16.3. The van der Waals surface area contributed by atoms with Gasteiger partial charge in [-0.2, -0.15) is 0 Å². The number of hydrogen-bond donors (Lipinski definition) is 2. The molecule has 2 rings (SSSR count). The lowest BCUT2D eigenvalue weighted by Gasteiger charge is -2.35. The zero-order chi connectivity index (χ0) is 15.3. The van der Waals surface area contributed by atoms with Gasteiger partial charge < -0.3 is 15.2 Å². The van der Waals surface area contributed by atoms with Gasteiger partial charge >= 0.3 is 5.97 Å². The average Bonchev–Trinajstić information content (AvgIpc) is 2.47. The molecule has 1 heterocycles. The van der Waals surface area contributed by atoms with Gasteiger partial charge in [0.1, 0.15) is 0 Å². The van der Waals surface area contributed by atoms with Crippen molar-refractivity contribution in [3.63, 3.8) is 0 Å². The van der Waals surface area contributed by atoms with Gasteiger partial charge in [0.2, 0.25) is 5.91 Å². The lowest BCUT2D eigenvalue weighted by atomic mass is 9.71. The summed E-state index contributed by atoms with van der Waals surface area (Å²) in [6.45, 7) is 4.26. The van der Waals surface area contributed by atoms with Gasteiger partial charge in [0.25, 0.3) is 0 Å². The molecule has 2 N–H and O–H groups in total. The lowest BCUT2D eigenvalue weighted by molar-refractivity contribution is -0.154. The molecule has 0 spiro atoms. The molecule has 0 unspecified atom stereocenters. The van der Waals surface area contributed by atoms with Crippen molar-refractivity contribution in [2.45, 2.75) is 58.3 Å². The molecule has 1 amide bonds. The number of carbonyl (C=O) groups excluding carboxylic acids is 1. The third-order valence-corrected chi connectivity index (χ3v) is 5.18. The normalized spacial score (nSPS) is 24.2. The fraction of sp³-hybridized carbons (Fsp3) is 0.875. The topological polar surface area (TPSA) is 75.6 Å². The maximum Gasteiger partial charge on any atom is 0.310 e. The van der Waals surface area contributed by atoms with Crippen LogP contribution in [0.25, 0.3) is 0 Å². The molecule has 5 heteroatoms. The lowest BCUT2D eigenvalue weighted by Crippen LogP contribution is -2.43. The Labute approximate surface area is 126 Å². The van der Waals surface area contributed by atoms with E-state index in [2.05, 4.69) is 12.2 Å².